The molecular weight excluding hydrogens is 108 g/mol. The fourth-order valence-corrected chi connectivity index (χ4v) is 0. The van der Waals surface area contributed by atoms with Crippen LogP contribution in [0.4, 0.5) is 0 Å². The largest absolute Gasteiger partial charge is 0.542 e. The minimum absolute atomic E-state index is 0. The van der Waals surface area contributed by atoms with Crippen molar-refractivity contribution in [2.45, 2.75) is 13.3 Å². The summed E-state index contributed by atoms with van der Waals surface area (Å²) < 4.78 is 0. The van der Waals surface area contributed by atoms with Crippen LogP contribution in [0.5, 0.6) is 0 Å². The summed E-state index contributed by atoms with van der Waals surface area (Å²) in [5.74, 6) is 0. The second-order valence-corrected chi connectivity index (χ2v) is 0.498. The van der Waals surface area contributed by atoms with Gasteiger partial charge in [-0.1, -0.05) is 6.92 Å². The van der Waals surface area contributed by atoms with Crippen LogP contribution in [-0.2, 0) is 21.9 Å². The van der Waals surface area contributed by atoms with E-state index in [4.69, 9.17) is 4.79 Å². The van der Waals surface area contributed by atoms with Crippen molar-refractivity contribution in [2.75, 3.05) is 0 Å². The molecule has 0 saturated heterocycles. The van der Waals surface area contributed by atoms with E-state index in [1.165, 1.54) is 0 Å². The molecule has 0 aliphatic heterocycles. The molecule has 0 rings (SSSR count). The third-order valence-electron chi connectivity index (χ3n) is 0.144. The normalized spacial score (nSPS) is 5.00. The van der Waals surface area contributed by atoms with Crippen molar-refractivity contribution < 1.29 is 21.9 Å². The molecule has 0 bridgehead atoms. The van der Waals surface area contributed by atoms with Gasteiger partial charge in [0.15, 0.2) is 0 Å². The second-order valence-electron chi connectivity index (χ2n) is 0.498. The second kappa shape index (κ2) is 8.89. The van der Waals surface area contributed by atoms with E-state index in [1.807, 2.05) is 0 Å². The molecule has 5 heavy (non-hydrogen) atoms. The number of rotatable bonds is 1. The van der Waals surface area contributed by atoms with Crippen LogP contribution in [0, 0.1) is 0 Å². The molecule has 0 atom stereocenters. The van der Waals surface area contributed by atoms with Crippen LogP contribution in [0.15, 0.2) is 0 Å². The molecule has 0 fully saturated rings. The first-order chi connectivity index (χ1) is 1.91. The molecule has 0 aromatic carbocycles. The van der Waals surface area contributed by atoms with Crippen LogP contribution < -0.4 is 0 Å². The van der Waals surface area contributed by atoms with E-state index in [0.717, 1.165) is 0 Å². The molecule has 0 amide bonds. The van der Waals surface area contributed by atoms with Gasteiger partial charge >= 0.3 is 0 Å². The smallest absolute Gasteiger partial charge is 0 e. The van der Waals surface area contributed by atoms with Crippen molar-refractivity contribution in [3.8, 4) is 0 Å². The molecule has 0 aromatic rings. The topological polar surface area (TPSA) is 17.1 Å². The zero-order chi connectivity index (χ0) is 3.41. The Hall–Kier alpha value is 0.189. The Kier molecular flexibility index (Phi) is 15.9. The van der Waals surface area contributed by atoms with E-state index in [0.29, 0.717) is 6.42 Å². The first-order valence-electron chi connectivity index (χ1n) is 1.26. The Balaban J connectivity index is 0. The van der Waals surface area contributed by atoms with Gasteiger partial charge in [-0.25, -0.2) is 0 Å². The number of carbonyl (C=O) groups excluding carboxylic acids is 1. The van der Waals surface area contributed by atoms with Gasteiger partial charge in [-0.3, -0.25) is 6.29 Å². The van der Waals surface area contributed by atoms with Gasteiger partial charge in [0.25, 0.3) is 0 Å². The van der Waals surface area contributed by atoms with Crippen molar-refractivity contribution in [3.63, 3.8) is 0 Å². The fraction of sp³-hybridized carbons (Fsp3) is 0.667. The molecule has 32 valence electrons. The Labute approximate surface area is 42.2 Å². The summed E-state index contributed by atoms with van der Waals surface area (Å²) >= 11 is 0. The molecular formula is C3H5FeO-. The van der Waals surface area contributed by atoms with Crippen molar-refractivity contribution in [1.82, 2.24) is 0 Å². The van der Waals surface area contributed by atoms with Crippen LogP contribution in [0.25, 0.3) is 0 Å². The zero-order valence-electron chi connectivity index (χ0n) is 2.97. The minimum atomic E-state index is 0. The van der Waals surface area contributed by atoms with Gasteiger partial charge in [0.1, 0.15) is 0 Å². The van der Waals surface area contributed by atoms with E-state index < -0.39 is 0 Å². The molecule has 1 nitrogen and oxygen atoms in total. The average Bonchev–Trinajstić information content (AvgIpc) is 1.37. The average molecular weight is 113 g/mol. The summed E-state index contributed by atoms with van der Waals surface area (Å²) in [6.07, 6.45) is 2.19. The summed E-state index contributed by atoms with van der Waals surface area (Å²) in [6, 6.07) is 0. The molecule has 0 aliphatic carbocycles. The monoisotopic (exact) mass is 113 g/mol. The molecule has 0 N–H and O–H groups in total. The number of hydrogen-bond acceptors (Lipinski definition) is 1. The molecule has 2 heteroatoms. The summed E-state index contributed by atoms with van der Waals surface area (Å²) in [5, 5.41) is 0. The molecule has 0 radical (unpaired) electrons. The molecule has 0 saturated carbocycles. The first kappa shape index (κ1) is 8.95. The third kappa shape index (κ3) is 14.2. The summed E-state index contributed by atoms with van der Waals surface area (Å²) in [5.41, 5.74) is 0. The summed E-state index contributed by atoms with van der Waals surface area (Å²) in [6.45, 7) is 1.76. The molecule has 0 aromatic heterocycles. The van der Waals surface area contributed by atoms with E-state index in [1.54, 1.807) is 13.2 Å². The van der Waals surface area contributed by atoms with Crippen LogP contribution >= 0.6 is 0 Å². The Morgan fingerprint density at radius 3 is 2.00 bits per heavy atom. The van der Waals surface area contributed by atoms with Gasteiger partial charge in [0.05, 0.1) is 0 Å². The number of hydrogen-bond donors (Lipinski definition) is 0. The Morgan fingerprint density at radius 1 is 1.80 bits per heavy atom. The maximum Gasteiger partial charge on any atom is 0 e. The van der Waals surface area contributed by atoms with Crippen LogP contribution in [0.2, 0.25) is 0 Å². The van der Waals surface area contributed by atoms with Crippen LogP contribution in [-0.4, -0.2) is 6.29 Å². The van der Waals surface area contributed by atoms with Gasteiger partial charge in [0, 0.05) is 17.1 Å². The predicted molar refractivity (Wildman–Crippen MR) is 16.0 cm³/mol. The minimum Gasteiger partial charge on any atom is -0.542 e. The van der Waals surface area contributed by atoms with Gasteiger partial charge in [0.2, 0.25) is 0 Å². The van der Waals surface area contributed by atoms with Crippen LogP contribution in [0.3, 0.4) is 0 Å². The molecule has 0 unspecified atom stereocenters. The summed E-state index contributed by atoms with van der Waals surface area (Å²) in [4.78, 5) is 9.05. The van der Waals surface area contributed by atoms with E-state index >= 15 is 0 Å². The Morgan fingerprint density at radius 2 is 2.00 bits per heavy atom. The third-order valence-corrected chi connectivity index (χ3v) is 0.144. The van der Waals surface area contributed by atoms with Gasteiger partial charge in [-0.05, 0) is 0 Å². The van der Waals surface area contributed by atoms with Crippen molar-refractivity contribution >= 4 is 6.29 Å². The molecule has 0 aliphatic rings. The Bertz CT molecular complexity index is 20.9. The van der Waals surface area contributed by atoms with Crippen LogP contribution in [0.1, 0.15) is 13.3 Å². The predicted octanol–water partition coefficient (Wildman–Crippen LogP) is 0.504. The SMILES string of the molecule is CC[C-]=O.[Fe]. The molecule has 0 heterocycles. The van der Waals surface area contributed by atoms with Gasteiger partial charge < -0.3 is 4.79 Å². The van der Waals surface area contributed by atoms with E-state index in [-0.39, 0.29) is 17.1 Å². The fourth-order valence-electron chi connectivity index (χ4n) is 0. The van der Waals surface area contributed by atoms with E-state index in [2.05, 4.69) is 0 Å². The van der Waals surface area contributed by atoms with Crippen molar-refractivity contribution in [1.29, 1.82) is 0 Å². The van der Waals surface area contributed by atoms with Crippen molar-refractivity contribution in [3.05, 3.63) is 0 Å². The maximum absolute atomic E-state index is 9.05. The summed E-state index contributed by atoms with van der Waals surface area (Å²) in [7, 11) is 0. The quantitative estimate of drug-likeness (QED) is 0.357. The standard InChI is InChI=1S/C3H5O.Fe/c1-2-3-4;/h2H2,1H3;/q-1;. The first-order valence-corrected chi connectivity index (χ1v) is 1.26. The zero-order valence-corrected chi connectivity index (χ0v) is 4.07. The van der Waals surface area contributed by atoms with Gasteiger partial charge in [-0.2, -0.15) is 6.42 Å². The van der Waals surface area contributed by atoms with E-state index in [9.17, 15) is 0 Å². The van der Waals surface area contributed by atoms with Gasteiger partial charge in [-0.15, -0.1) is 0 Å². The maximum atomic E-state index is 9.05. The molecule has 0 spiro atoms. The van der Waals surface area contributed by atoms with Crippen molar-refractivity contribution in [2.24, 2.45) is 0 Å².